The zero-order chi connectivity index (χ0) is 20.3. The number of halogens is 2. The maximum absolute atomic E-state index is 13.2. The van der Waals surface area contributed by atoms with Gasteiger partial charge in [0.25, 0.3) is 11.8 Å². The highest BCUT2D eigenvalue weighted by Gasteiger charge is 2.17. The van der Waals surface area contributed by atoms with Crippen LogP contribution < -0.4 is 10.6 Å². The predicted molar refractivity (Wildman–Crippen MR) is 112 cm³/mol. The van der Waals surface area contributed by atoms with Crippen molar-refractivity contribution in [2.75, 3.05) is 10.6 Å². The van der Waals surface area contributed by atoms with Crippen molar-refractivity contribution in [3.8, 4) is 0 Å². The van der Waals surface area contributed by atoms with E-state index in [1.165, 1.54) is 23.5 Å². The summed E-state index contributed by atoms with van der Waals surface area (Å²) < 4.78 is 13.2. The highest BCUT2D eigenvalue weighted by Crippen LogP contribution is 2.29. The summed E-state index contributed by atoms with van der Waals surface area (Å²) in [6.45, 7) is 3.85. The molecule has 2 aromatic carbocycles. The molecule has 0 unspecified atom stereocenters. The van der Waals surface area contributed by atoms with Crippen LogP contribution in [0.5, 0.6) is 0 Å². The molecule has 2 amide bonds. The summed E-state index contributed by atoms with van der Waals surface area (Å²) >= 11 is 7.10. The average Bonchev–Trinajstić information content (AvgIpc) is 3.02. The number of nitrogens with one attached hydrogen (secondary N) is 2. The van der Waals surface area contributed by atoms with Gasteiger partial charge in [-0.15, -0.1) is 11.3 Å². The third-order valence-electron chi connectivity index (χ3n) is 4.13. The molecule has 0 atom stereocenters. The first-order chi connectivity index (χ1) is 13.4. The van der Waals surface area contributed by atoms with Crippen LogP contribution >= 0.6 is 22.9 Å². The average molecular weight is 417 g/mol. The van der Waals surface area contributed by atoms with E-state index in [4.69, 9.17) is 11.6 Å². The second-order valence-electron chi connectivity index (χ2n) is 6.21. The summed E-state index contributed by atoms with van der Waals surface area (Å²) in [6, 6.07) is 13.0. The Morgan fingerprint density at radius 1 is 1.07 bits per heavy atom. The normalized spacial score (nSPS) is 10.6. The number of carbonyl (C=O) groups is 2. The van der Waals surface area contributed by atoms with Gasteiger partial charge in [0.2, 0.25) is 0 Å². The van der Waals surface area contributed by atoms with Gasteiger partial charge in [-0.05, 0) is 60.9 Å². The third kappa shape index (κ3) is 4.58. The van der Waals surface area contributed by atoms with Gasteiger partial charge in [-0.25, -0.2) is 4.39 Å². The maximum Gasteiger partial charge on any atom is 0.266 e. The molecule has 0 aliphatic carbocycles. The molecule has 0 aliphatic rings. The van der Waals surface area contributed by atoms with Crippen LogP contribution in [0.25, 0.3) is 0 Å². The largest absolute Gasteiger partial charge is 0.321 e. The van der Waals surface area contributed by atoms with Gasteiger partial charge in [-0.3, -0.25) is 9.59 Å². The Balaban J connectivity index is 1.75. The second kappa shape index (κ2) is 8.54. The van der Waals surface area contributed by atoms with Crippen LogP contribution in [0.15, 0.2) is 48.5 Å². The topological polar surface area (TPSA) is 58.2 Å². The van der Waals surface area contributed by atoms with E-state index < -0.39 is 11.7 Å². The Labute approximate surface area is 171 Å². The van der Waals surface area contributed by atoms with Gasteiger partial charge < -0.3 is 10.6 Å². The molecule has 0 spiro atoms. The van der Waals surface area contributed by atoms with E-state index >= 15 is 0 Å². The van der Waals surface area contributed by atoms with E-state index in [1.54, 1.807) is 13.0 Å². The zero-order valence-corrected chi connectivity index (χ0v) is 16.9. The number of hydrogen-bond donors (Lipinski definition) is 2. The van der Waals surface area contributed by atoms with E-state index in [-0.39, 0.29) is 16.5 Å². The van der Waals surface area contributed by atoms with Gasteiger partial charge in [0, 0.05) is 5.69 Å². The summed E-state index contributed by atoms with van der Waals surface area (Å²) in [4.78, 5) is 25.5. The Hall–Kier alpha value is -2.70. The number of amides is 2. The fraction of sp³-hybridized carbons (Fsp3) is 0.143. The minimum Gasteiger partial charge on any atom is -0.321 e. The molecule has 3 rings (SSSR count). The molecule has 2 N–H and O–H groups in total. The second-order valence-corrected chi connectivity index (χ2v) is 7.67. The number of aryl methyl sites for hydroxylation is 2. The first-order valence-corrected chi connectivity index (χ1v) is 9.84. The van der Waals surface area contributed by atoms with Crippen molar-refractivity contribution in [3.05, 3.63) is 80.9 Å². The zero-order valence-electron chi connectivity index (χ0n) is 15.3. The number of anilines is 2. The first kappa shape index (κ1) is 20.0. The fourth-order valence-electron chi connectivity index (χ4n) is 2.68. The molecule has 0 bridgehead atoms. The molecule has 144 valence electrons. The Kier molecular flexibility index (Phi) is 6.11. The van der Waals surface area contributed by atoms with Gasteiger partial charge in [0.05, 0.1) is 20.5 Å². The lowest BCUT2D eigenvalue weighted by Crippen LogP contribution is -2.12. The Morgan fingerprint density at radius 2 is 1.86 bits per heavy atom. The summed E-state index contributed by atoms with van der Waals surface area (Å²) in [7, 11) is 0. The lowest BCUT2D eigenvalue weighted by Gasteiger charge is -2.06. The number of hydrogen-bond acceptors (Lipinski definition) is 3. The number of benzene rings is 2. The monoisotopic (exact) mass is 416 g/mol. The molecular weight excluding hydrogens is 399 g/mol. The van der Waals surface area contributed by atoms with Crippen LogP contribution in [-0.4, -0.2) is 11.8 Å². The van der Waals surface area contributed by atoms with Crippen molar-refractivity contribution < 1.29 is 14.0 Å². The van der Waals surface area contributed by atoms with E-state index in [9.17, 15) is 14.0 Å². The number of thiophene rings is 1. The Bertz CT molecular complexity index is 1050. The molecular formula is C21H18ClFN2O2S. The summed E-state index contributed by atoms with van der Waals surface area (Å²) in [6.07, 6.45) is 0.879. The molecule has 1 heterocycles. The summed E-state index contributed by atoms with van der Waals surface area (Å²) in [5, 5.41) is 6.13. The van der Waals surface area contributed by atoms with Crippen LogP contribution in [0, 0.1) is 12.7 Å². The van der Waals surface area contributed by atoms with Gasteiger partial charge >= 0.3 is 0 Å². The van der Waals surface area contributed by atoms with Crippen LogP contribution in [0.3, 0.4) is 0 Å². The predicted octanol–water partition coefficient (Wildman–Crippen LogP) is 5.92. The smallest absolute Gasteiger partial charge is 0.266 e. The molecule has 0 saturated carbocycles. The lowest BCUT2D eigenvalue weighted by molar-refractivity contribution is 0.102. The van der Waals surface area contributed by atoms with E-state index in [0.717, 1.165) is 29.3 Å². The molecule has 0 aliphatic heterocycles. The molecule has 0 radical (unpaired) electrons. The highest BCUT2D eigenvalue weighted by atomic mass is 35.5. The molecule has 1 aromatic heterocycles. The molecule has 28 heavy (non-hydrogen) atoms. The first-order valence-electron chi connectivity index (χ1n) is 8.64. The summed E-state index contributed by atoms with van der Waals surface area (Å²) in [5.41, 5.74) is 2.76. The number of carbonyl (C=O) groups excluding carboxylic acids is 2. The standard InChI is InChI=1S/C21H18ClFN2O2S/c1-3-13-5-4-6-15(10-13)24-21(27)19-12(2)9-18(28-19)25-20(26)16-8-7-14(23)11-17(16)22/h4-11H,3H2,1-2H3,(H,24,27)(H,25,26). The van der Waals surface area contributed by atoms with Crippen molar-refractivity contribution in [1.29, 1.82) is 0 Å². The van der Waals surface area contributed by atoms with Crippen molar-refractivity contribution in [1.82, 2.24) is 0 Å². The van der Waals surface area contributed by atoms with Gasteiger partial charge in [-0.1, -0.05) is 30.7 Å². The molecule has 3 aromatic rings. The highest BCUT2D eigenvalue weighted by molar-refractivity contribution is 7.18. The molecule has 0 fully saturated rings. The lowest BCUT2D eigenvalue weighted by atomic mass is 10.1. The maximum atomic E-state index is 13.2. The quantitative estimate of drug-likeness (QED) is 0.542. The SMILES string of the molecule is CCc1cccc(NC(=O)c2sc(NC(=O)c3ccc(F)cc3Cl)cc2C)c1. The van der Waals surface area contributed by atoms with Gasteiger partial charge in [0.1, 0.15) is 5.82 Å². The van der Waals surface area contributed by atoms with Crippen LogP contribution in [0.4, 0.5) is 15.1 Å². The van der Waals surface area contributed by atoms with E-state index in [2.05, 4.69) is 10.6 Å². The van der Waals surface area contributed by atoms with Gasteiger partial charge in [0.15, 0.2) is 0 Å². The summed E-state index contributed by atoms with van der Waals surface area (Å²) in [5.74, 6) is -1.22. The molecule has 7 heteroatoms. The van der Waals surface area contributed by atoms with Crippen molar-refractivity contribution in [2.24, 2.45) is 0 Å². The Morgan fingerprint density at radius 3 is 2.57 bits per heavy atom. The molecule has 4 nitrogen and oxygen atoms in total. The van der Waals surface area contributed by atoms with Crippen LogP contribution in [0.1, 0.15) is 38.1 Å². The van der Waals surface area contributed by atoms with Gasteiger partial charge in [-0.2, -0.15) is 0 Å². The van der Waals surface area contributed by atoms with Crippen LogP contribution in [0.2, 0.25) is 5.02 Å². The molecule has 0 saturated heterocycles. The third-order valence-corrected chi connectivity index (χ3v) is 5.59. The van der Waals surface area contributed by atoms with E-state index in [1.807, 2.05) is 31.2 Å². The van der Waals surface area contributed by atoms with Crippen molar-refractivity contribution >= 4 is 45.4 Å². The fourth-order valence-corrected chi connectivity index (χ4v) is 3.89. The minimum atomic E-state index is -0.514. The van der Waals surface area contributed by atoms with Crippen LogP contribution in [-0.2, 0) is 6.42 Å². The number of rotatable bonds is 5. The van der Waals surface area contributed by atoms with Crippen molar-refractivity contribution in [3.63, 3.8) is 0 Å². The van der Waals surface area contributed by atoms with Crippen molar-refractivity contribution in [2.45, 2.75) is 20.3 Å². The van der Waals surface area contributed by atoms with E-state index in [0.29, 0.717) is 9.88 Å². The minimum absolute atomic E-state index is 0.0274.